The maximum Gasteiger partial charge on any atom is 0.150 e. The van der Waals surface area contributed by atoms with Crippen molar-refractivity contribution in [3.63, 3.8) is 0 Å². The molecule has 0 aromatic heterocycles. The summed E-state index contributed by atoms with van der Waals surface area (Å²) < 4.78 is 0. The predicted molar refractivity (Wildman–Crippen MR) is 94.6 cm³/mol. The Kier molecular flexibility index (Phi) is 6.24. The van der Waals surface area contributed by atoms with E-state index >= 15 is 0 Å². The van der Waals surface area contributed by atoms with Crippen molar-refractivity contribution in [2.24, 2.45) is 10.3 Å². The zero-order valence-corrected chi connectivity index (χ0v) is 13.5. The second-order valence-electron chi connectivity index (χ2n) is 5.04. The molecule has 0 aliphatic rings. The fraction of sp³-hybridized carbons (Fsp3) is 0.211. The topological polar surface area (TPSA) is 45.0 Å². The molecule has 118 valence electrons. The van der Waals surface area contributed by atoms with Crippen molar-refractivity contribution in [1.29, 1.82) is 0 Å². The summed E-state index contributed by atoms with van der Waals surface area (Å²) in [6, 6.07) is 15.4. The molecule has 23 heavy (non-hydrogen) atoms. The Bertz CT molecular complexity index is 669. The van der Waals surface area contributed by atoms with Gasteiger partial charge in [0, 0.05) is 18.7 Å². The van der Waals surface area contributed by atoms with Gasteiger partial charge in [0.15, 0.2) is 0 Å². The van der Waals surface area contributed by atoms with E-state index in [2.05, 4.69) is 24.2 Å². The SMILES string of the molecule is CCN(CC)N=Nc1ccc(/C=C/c2ccc(C=O)cc2)cc1. The number of aldehydes is 1. The van der Waals surface area contributed by atoms with Crippen LogP contribution in [0, 0.1) is 0 Å². The molecule has 0 unspecified atom stereocenters. The number of benzene rings is 2. The monoisotopic (exact) mass is 307 g/mol. The summed E-state index contributed by atoms with van der Waals surface area (Å²) in [6.07, 6.45) is 4.89. The van der Waals surface area contributed by atoms with Crippen LogP contribution in [0.15, 0.2) is 58.9 Å². The Balaban J connectivity index is 2.01. The summed E-state index contributed by atoms with van der Waals surface area (Å²) in [7, 11) is 0. The normalized spacial score (nSPS) is 11.2. The highest BCUT2D eigenvalue weighted by Gasteiger charge is 1.94. The molecule has 4 nitrogen and oxygen atoms in total. The van der Waals surface area contributed by atoms with E-state index < -0.39 is 0 Å². The van der Waals surface area contributed by atoms with E-state index in [1.165, 1.54) is 0 Å². The number of hydrogen-bond donors (Lipinski definition) is 0. The Morgan fingerprint density at radius 2 is 1.30 bits per heavy atom. The van der Waals surface area contributed by atoms with Crippen LogP contribution >= 0.6 is 0 Å². The van der Waals surface area contributed by atoms with Gasteiger partial charge in [0.05, 0.1) is 5.69 Å². The number of rotatable bonds is 7. The van der Waals surface area contributed by atoms with E-state index in [0.29, 0.717) is 5.56 Å². The van der Waals surface area contributed by atoms with E-state index in [9.17, 15) is 4.79 Å². The van der Waals surface area contributed by atoms with Crippen LogP contribution in [0.5, 0.6) is 0 Å². The van der Waals surface area contributed by atoms with E-state index in [4.69, 9.17) is 0 Å². The van der Waals surface area contributed by atoms with Crippen molar-refractivity contribution in [3.8, 4) is 0 Å². The number of carbonyl (C=O) groups is 1. The van der Waals surface area contributed by atoms with Gasteiger partial charge in [0.25, 0.3) is 0 Å². The van der Waals surface area contributed by atoms with E-state index in [1.54, 1.807) is 0 Å². The molecule has 0 fully saturated rings. The lowest BCUT2D eigenvalue weighted by Crippen LogP contribution is -2.14. The molecular weight excluding hydrogens is 286 g/mol. The summed E-state index contributed by atoms with van der Waals surface area (Å²) in [5, 5.41) is 10.3. The first-order valence-corrected chi connectivity index (χ1v) is 7.75. The second kappa shape index (κ2) is 8.63. The van der Waals surface area contributed by atoms with Crippen LogP contribution in [-0.4, -0.2) is 24.4 Å². The lowest BCUT2D eigenvalue weighted by Gasteiger charge is -2.10. The third-order valence-corrected chi connectivity index (χ3v) is 3.45. The van der Waals surface area contributed by atoms with E-state index in [1.807, 2.05) is 65.7 Å². The molecule has 0 bridgehead atoms. The fourth-order valence-electron chi connectivity index (χ4n) is 2.00. The molecule has 0 aliphatic heterocycles. The van der Waals surface area contributed by atoms with Crippen molar-refractivity contribution in [2.45, 2.75) is 13.8 Å². The maximum absolute atomic E-state index is 10.6. The number of carbonyl (C=O) groups excluding carboxylic acids is 1. The first-order chi connectivity index (χ1) is 11.2. The lowest BCUT2D eigenvalue weighted by atomic mass is 10.1. The summed E-state index contributed by atoms with van der Waals surface area (Å²) >= 11 is 0. The third-order valence-electron chi connectivity index (χ3n) is 3.45. The van der Waals surface area contributed by atoms with Gasteiger partial charge < -0.3 is 0 Å². The summed E-state index contributed by atoms with van der Waals surface area (Å²) in [4.78, 5) is 10.6. The zero-order valence-electron chi connectivity index (χ0n) is 13.5. The van der Waals surface area contributed by atoms with Crippen molar-refractivity contribution in [3.05, 3.63) is 65.2 Å². The minimum Gasteiger partial charge on any atom is -0.298 e. The zero-order chi connectivity index (χ0) is 16.5. The molecule has 4 heteroatoms. The number of nitrogens with zero attached hydrogens (tertiary/aromatic N) is 3. The molecule has 0 radical (unpaired) electrons. The Hall–Kier alpha value is -2.75. The van der Waals surface area contributed by atoms with Gasteiger partial charge in [-0.05, 0) is 37.1 Å². The van der Waals surface area contributed by atoms with E-state index in [-0.39, 0.29) is 0 Å². The molecule has 0 spiro atoms. The Morgan fingerprint density at radius 1 is 0.826 bits per heavy atom. The highest BCUT2D eigenvalue weighted by atomic mass is 16.1. The molecule has 0 aliphatic carbocycles. The minimum absolute atomic E-state index is 0.685. The summed E-state index contributed by atoms with van der Waals surface area (Å²) in [6.45, 7) is 5.81. The summed E-state index contributed by atoms with van der Waals surface area (Å²) in [5.74, 6) is 0. The molecule has 0 saturated carbocycles. The van der Waals surface area contributed by atoms with Gasteiger partial charge in [-0.25, -0.2) is 0 Å². The van der Waals surface area contributed by atoms with Gasteiger partial charge in [-0.3, -0.25) is 9.80 Å². The van der Waals surface area contributed by atoms with Crippen molar-refractivity contribution >= 4 is 24.1 Å². The molecule has 0 amide bonds. The smallest absolute Gasteiger partial charge is 0.150 e. The van der Waals surface area contributed by atoms with Gasteiger partial charge in [-0.2, -0.15) is 0 Å². The summed E-state index contributed by atoms with van der Waals surface area (Å²) in [5.41, 5.74) is 3.67. The molecule has 0 saturated heterocycles. The van der Waals surface area contributed by atoms with Crippen molar-refractivity contribution in [1.82, 2.24) is 5.01 Å². The Morgan fingerprint density at radius 3 is 1.78 bits per heavy atom. The van der Waals surface area contributed by atoms with Crippen molar-refractivity contribution in [2.75, 3.05) is 13.1 Å². The highest BCUT2D eigenvalue weighted by Crippen LogP contribution is 2.16. The van der Waals surface area contributed by atoms with Crippen LogP contribution in [0.2, 0.25) is 0 Å². The molecular formula is C19H21N3O. The number of hydrogen-bond acceptors (Lipinski definition) is 3. The maximum atomic E-state index is 10.6. The average molecular weight is 307 g/mol. The largest absolute Gasteiger partial charge is 0.298 e. The third kappa shape index (κ3) is 5.18. The molecule has 2 aromatic rings. The highest BCUT2D eigenvalue weighted by molar-refractivity contribution is 5.76. The molecule has 0 N–H and O–H groups in total. The van der Waals surface area contributed by atoms with Crippen LogP contribution in [-0.2, 0) is 0 Å². The van der Waals surface area contributed by atoms with Crippen LogP contribution in [0.1, 0.15) is 35.3 Å². The standard InChI is InChI=1S/C19H21N3O/c1-3-22(4-2)21-20-19-13-11-17(12-14-19)6-5-16-7-9-18(15-23)10-8-16/h5-15H,3-4H2,1-2H3/b6-5+,21-20?. The Labute approximate surface area is 137 Å². The van der Waals surface area contributed by atoms with Crippen LogP contribution < -0.4 is 0 Å². The minimum atomic E-state index is 0.685. The quantitative estimate of drug-likeness (QED) is 0.312. The van der Waals surface area contributed by atoms with Gasteiger partial charge in [-0.15, -0.1) is 5.11 Å². The first kappa shape index (κ1) is 16.6. The van der Waals surface area contributed by atoms with Gasteiger partial charge in [-0.1, -0.05) is 53.8 Å². The van der Waals surface area contributed by atoms with Crippen LogP contribution in [0.3, 0.4) is 0 Å². The fourth-order valence-corrected chi connectivity index (χ4v) is 2.00. The molecule has 2 rings (SSSR count). The average Bonchev–Trinajstić information content (AvgIpc) is 2.62. The van der Waals surface area contributed by atoms with E-state index in [0.717, 1.165) is 36.2 Å². The van der Waals surface area contributed by atoms with Crippen LogP contribution in [0.4, 0.5) is 5.69 Å². The van der Waals surface area contributed by atoms with Gasteiger partial charge in [0.1, 0.15) is 6.29 Å². The predicted octanol–water partition coefficient (Wildman–Crippen LogP) is 5.01. The molecule has 0 heterocycles. The molecule has 2 aromatic carbocycles. The molecule has 0 atom stereocenters. The second-order valence-corrected chi connectivity index (χ2v) is 5.04. The van der Waals surface area contributed by atoms with Gasteiger partial charge >= 0.3 is 0 Å². The van der Waals surface area contributed by atoms with Crippen molar-refractivity contribution < 1.29 is 4.79 Å². The van der Waals surface area contributed by atoms with Gasteiger partial charge in [0.2, 0.25) is 0 Å². The van der Waals surface area contributed by atoms with Crippen LogP contribution in [0.25, 0.3) is 12.2 Å². The lowest BCUT2D eigenvalue weighted by molar-refractivity contribution is 0.112. The first-order valence-electron chi connectivity index (χ1n) is 7.75.